The molecule has 0 unspecified atom stereocenters. The third kappa shape index (κ3) is 7.04. The summed E-state index contributed by atoms with van der Waals surface area (Å²) in [5.74, 6) is -12.6. The minimum Gasteiger partial charge on any atom is -0.203 e. The molecule has 242 valence electrons. The van der Waals surface area contributed by atoms with Gasteiger partial charge in [0.1, 0.15) is 35.4 Å². The second kappa shape index (κ2) is 15.4. The molecule has 5 aromatic carbocycles. The van der Waals surface area contributed by atoms with Gasteiger partial charge >= 0.3 is 0 Å². The average molecular weight is 667 g/mol. The van der Waals surface area contributed by atoms with Crippen LogP contribution in [-0.2, 0) is 0 Å². The van der Waals surface area contributed by atoms with Crippen LogP contribution in [-0.4, -0.2) is 0 Å². The molecule has 0 N–H and O–H groups in total. The molecule has 0 aliphatic rings. The maximum absolute atomic E-state index is 15.6. The van der Waals surface area contributed by atoms with E-state index in [9.17, 15) is 34.2 Å². The van der Waals surface area contributed by atoms with Crippen molar-refractivity contribution in [2.75, 3.05) is 0 Å². The summed E-state index contributed by atoms with van der Waals surface area (Å²) in [6, 6.07) is 38.7. The van der Waals surface area contributed by atoms with Gasteiger partial charge in [-0.05, 0) is 63.3 Å². The van der Waals surface area contributed by atoms with Gasteiger partial charge in [0.15, 0.2) is 23.3 Å². The maximum Gasteiger partial charge on any atom is 0.200 e. The molecule has 5 aromatic rings. The SMILES string of the molecule is N#CC(C#N)=C(CC(CC(=C(C#N)C#N)c1ccc(-c2ccccc2)cc1)c1c(F)c(F)c(F)c(F)c1F)c1ccc(-c2ccccc2)cc1. The highest BCUT2D eigenvalue weighted by Gasteiger charge is 2.33. The number of rotatable bonds is 9. The Morgan fingerprint density at radius 3 is 1.04 bits per heavy atom. The highest BCUT2D eigenvalue weighted by atomic mass is 19.2. The second-order valence-electron chi connectivity index (χ2n) is 11.1. The molecule has 4 nitrogen and oxygen atoms in total. The van der Waals surface area contributed by atoms with Crippen molar-refractivity contribution in [2.45, 2.75) is 18.8 Å². The Morgan fingerprint density at radius 1 is 0.420 bits per heavy atom. The zero-order chi connectivity index (χ0) is 35.8. The quantitative estimate of drug-likeness (QED) is 0.0677. The third-order valence-corrected chi connectivity index (χ3v) is 8.28. The molecule has 0 saturated carbocycles. The van der Waals surface area contributed by atoms with Gasteiger partial charge in [0, 0.05) is 5.56 Å². The van der Waals surface area contributed by atoms with Crippen LogP contribution in [0.25, 0.3) is 33.4 Å². The molecule has 0 saturated heterocycles. The lowest BCUT2D eigenvalue weighted by Gasteiger charge is -2.23. The molecular formula is C41H23F5N4. The molecule has 0 aliphatic heterocycles. The van der Waals surface area contributed by atoms with Crippen molar-refractivity contribution in [1.82, 2.24) is 0 Å². The van der Waals surface area contributed by atoms with Crippen LogP contribution >= 0.6 is 0 Å². The van der Waals surface area contributed by atoms with Crippen LogP contribution in [0.4, 0.5) is 22.0 Å². The van der Waals surface area contributed by atoms with Crippen LogP contribution in [0.5, 0.6) is 0 Å². The Morgan fingerprint density at radius 2 is 0.720 bits per heavy atom. The van der Waals surface area contributed by atoms with E-state index < -0.39 is 64.6 Å². The van der Waals surface area contributed by atoms with Gasteiger partial charge < -0.3 is 0 Å². The van der Waals surface area contributed by atoms with Crippen molar-refractivity contribution in [1.29, 1.82) is 21.0 Å². The van der Waals surface area contributed by atoms with Gasteiger partial charge in [-0.2, -0.15) is 21.0 Å². The van der Waals surface area contributed by atoms with E-state index in [1.165, 1.54) is 0 Å². The molecule has 0 radical (unpaired) electrons. The van der Waals surface area contributed by atoms with Gasteiger partial charge in [-0.3, -0.25) is 0 Å². The fraction of sp³-hybridized carbons (Fsp3) is 0.0732. The van der Waals surface area contributed by atoms with E-state index in [1.54, 1.807) is 72.8 Å². The summed E-state index contributed by atoms with van der Waals surface area (Å²) in [4.78, 5) is 0. The van der Waals surface area contributed by atoms with E-state index in [0.29, 0.717) is 0 Å². The van der Waals surface area contributed by atoms with Crippen LogP contribution in [0.1, 0.15) is 35.4 Å². The molecular weight excluding hydrogens is 643 g/mol. The van der Waals surface area contributed by atoms with Crippen LogP contribution < -0.4 is 0 Å². The predicted octanol–water partition coefficient (Wildman–Crippen LogP) is 10.6. The van der Waals surface area contributed by atoms with Gasteiger partial charge in [0.05, 0.1) is 0 Å². The van der Waals surface area contributed by atoms with Crippen molar-refractivity contribution in [3.05, 3.63) is 166 Å². The van der Waals surface area contributed by atoms with E-state index in [1.807, 2.05) is 60.7 Å². The highest BCUT2D eigenvalue weighted by Crippen LogP contribution is 2.42. The highest BCUT2D eigenvalue weighted by molar-refractivity contribution is 5.80. The van der Waals surface area contributed by atoms with Crippen LogP contribution in [0.2, 0.25) is 0 Å². The second-order valence-corrected chi connectivity index (χ2v) is 11.1. The number of benzene rings is 5. The van der Waals surface area contributed by atoms with Gasteiger partial charge in [-0.25, -0.2) is 22.0 Å². The Balaban J connectivity index is 1.68. The molecule has 50 heavy (non-hydrogen) atoms. The predicted molar refractivity (Wildman–Crippen MR) is 178 cm³/mol. The molecule has 0 aromatic heterocycles. The Kier molecular flexibility index (Phi) is 10.6. The minimum absolute atomic E-state index is 0.0298. The van der Waals surface area contributed by atoms with Crippen molar-refractivity contribution >= 4 is 11.1 Å². The third-order valence-electron chi connectivity index (χ3n) is 8.28. The summed E-state index contributed by atoms with van der Waals surface area (Å²) in [5, 5.41) is 39.6. The smallest absolute Gasteiger partial charge is 0.200 e. The van der Waals surface area contributed by atoms with Crippen LogP contribution in [0.15, 0.2) is 120 Å². The summed E-state index contributed by atoms with van der Waals surface area (Å²) >= 11 is 0. The average Bonchev–Trinajstić information content (AvgIpc) is 3.17. The van der Waals surface area contributed by atoms with Crippen molar-refractivity contribution in [3.8, 4) is 46.5 Å². The Bertz CT molecular complexity index is 2090. The Labute approximate surface area is 285 Å². The zero-order valence-corrected chi connectivity index (χ0v) is 26.1. The molecule has 0 amide bonds. The number of hydrogen-bond acceptors (Lipinski definition) is 4. The molecule has 0 heterocycles. The molecule has 0 bridgehead atoms. The number of nitrogens with zero attached hydrogens (tertiary/aromatic N) is 4. The minimum atomic E-state index is -2.36. The first kappa shape index (κ1) is 34.5. The fourth-order valence-electron chi connectivity index (χ4n) is 5.79. The number of allylic oxidation sites excluding steroid dienone is 4. The normalized spacial score (nSPS) is 10.4. The number of hydrogen-bond donors (Lipinski definition) is 0. The van der Waals surface area contributed by atoms with E-state index in [4.69, 9.17) is 0 Å². The van der Waals surface area contributed by atoms with Crippen LogP contribution in [0.3, 0.4) is 0 Å². The van der Waals surface area contributed by atoms with Gasteiger partial charge in [0.2, 0.25) is 5.82 Å². The number of halogens is 5. The standard InChI is InChI=1S/C41H23F5N4/c42-37-36(38(43)40(45)41(46)39(37)44)31(19-34(32(21-47)22-48)29-15-11-27(12-16-29)25-7-3-1-4-8-25)20-35(33(23-49)24-50)30-17-13-28(14-18-30)26-9-5-2-6-10-26/h1-18,31H,19-20H2. The summed E-state index contributed by atoms with van der Waals surface area (Å²) in [5.41, 5.74) is 1.67. The first-order valence-electron chi connectivity index (χ1n) is 15.1. The zero-order valence-electron chi connectivity index (χ0n) is 26.1. The first-order valence-corrected chi connectivity index (χ1v) is 15.1. The molecule has 0 spiro atoms. The molecule has 0 atom stereocenters. The van der Waals surface area contributed by atoms with Crippen molar-refractivity contribution in [2.24, 2.45) is 0 Å². The molecule has 0 fully saturated rings. The number of nitriles is 4. The lowest BCUT2D eigenvalue weighted by molar-refractivity contribution is 0.364. The molecule has 0 aliphatic carbocycles. The monoisotopic (exact) mass is 666 g/mol. The summed E-state index contributed by atoms with van der Waals surface area (Å²) in [7, 11) is 0. The van der Waals surface area contributed by atoms with E-state index in [0.717, 1.165) is 22.3 Å². The van der Waals surface area contributed by atoms with E-state index in [2.05, 4.69) is 0 Å². The lowest BCUT2D eigenvalue weighted by atomic mass is 9.80. The Hall–Kier alpha value is -6.81. The topological polar surface area (TPSA) is 95.2 Å². The van der Waals surface area contributed by atoms with Crippen molar-refractivity contribution in [3.63, 3.8) is 0 Å². The van der Waals surface area contributed by atoms with Crippen LogP contribution in [0, 0.1) is 74.4 Å². The van der Waals surface area contributed by atoms with Gasteiger partial charge in [-0.15, -0.1) is 0 Å². The summed E-state index contributed by atoms with van der Waals surface area (Å²) in [6.07, 6.45) is -1.15. The lowest BCUT2D eigenvalue weighted by Crippen LogP contribution is -2.14. The maximum atomic E-state index is 15.6. The fourth-order valence-corrected chi connectivity index (χ4v) is 5.79. The summed E-state index contributed by atoms with van der Waals surface area (Å²) in [6.45, 7) is 0. The first-order chi connectivity index (χ1) is 24.2. The van der Waals surface area contributed by atoms with Gasteiger partial charge in [0.25, 0.3) is 0 Å². The largest absolute Gasteiger partial charge is 0.203 e. The summed E-state index contributed by atoms with van der Waals surface area (Å²) < 4.78 is 74.7. The van der Waals surface area contributed by atoms with E-state index in [-0.39, 0.29) is 22.3 Å². The van der Waals surface area contributed by atoms with Gasteiger partial charge in [-0.1, -0.05) is 109 Å². The molecule has 5 rings (SSSR count). The molecule has 9 heteroatoms. The van der Waals surface area contributed by atoms with Crippen molar-refractivity contribution < 1.29 is 22.0 Å². The van der Waals surface area contributed by atoms with E-state index >= 15 is 8.78 Å².